The lowest BCUT2D eigenvalue weighted by Crippen LogP contribution is -2.47. The molecule has 0 saturated carbocycles. The van der Waals surface area contributed by atoms with Crippen LogP contribution in [0.4, 0.5) is 14.9 Å². The summed E-state index contributed by atoms with van der Waals surface area (Å²) in [5.74, 6) is 0.598. The summed E-state index contributed by atoms with van der Waals surface area (Å²) in [5.41, 5.74) is 0.625. The molecule has 0 radical (unpaired) electrons. The molecule has 176 valence electrons. The van der Waals surface area contributed by atoms with E-state index >= 15 is 0 Å². The Morgan fingerprint density at radius 3 is 2.50 bits per heavy atom. The number of ether oxygens (including phenoxy) is 1. The summed E-state index contributed by atoms with van der Waals surface area (Å²) < 4.78 is 20.7. The number of urea groups is 1. The molecule has 2 saturated heterocycles. The topological polar surface area (TPSA) is 96.7 Å². The molecule has 2 aromatic heterocycles. The second-order valence-electron chi connectivity index (χ2n) is 8.21. The van der Waals surface area contributed by atoms with Crippen molar-refractivity contribution in [1.82, 2.24) is 29.8 Å². The second kappa shape index (κ2) is 9.46. The zero-order valence-electron chi connectivity index (χ0n) is 18.5. The van der Waals surface area contributed by atoms with Gasteiger partial charge in [0, 0.05) is 63.2 Å². The smallest absolute Gasteiger partial charge is 0.325 e. The largest absolute Gasteiger partial charge is 0.473 e. The summed E-state index contributed by atoms with van der Waals surface area (Å²) in [6.45, 7) is 2.04. The van der Waals surface area contributed by atoms with Crippen LogP contribution in [-0.4, -0.2) is 80.5 Å². The first kappa shape index (κ1) is 21.8. The third kappa shape index (κ3) is 4.68. The summed E-state index contributed by atoms with van der Waals surface area (Å²) >= 11 is 0. The van der Waals surface area contributed by atoms with E-state index < -0.39 is 0 Å². The summed E-state index contributed by atoms with van der Waals surface area (Å²) in [6.07, 6.45) is 4.74. The zero-order chi connectivity index (χ0) is 23.5. The van der Waals surface area contributed by atoms with Gasteiger partial charge in [-0.15, -0.1) is 10.2 Å². The summed E-state index contributed by atoms with van der Waals surface area (Å²) in [6, 6.07) is 10.9. The Kier molecular flexibility index (Phi) is 6.07. The Morgan fingerprint density at radius 1 is 1.03 bits per heavy atom. The van der Waals surface area contributed by atoms with Crippen LogP contribution in [0.3, 0.4) is 0 Å². The maximum atomic E-state index is 13.2. The number of hydrogen-bond acceptors (Lipinski definition) is 6. The third-order valence-electron chi connectivity index (χ3n) is 6.01. The van der Waals surface area contributed by atoms with E-state index in [1.807, 2.05) is 6.07 Å². The van der Waals surface area contributed by atoms with Gasteiger partial charge in [-0.3, -0.25) is 9.69 Å². The maximum Gasteiger partial charge on any atom is 0.325 e. The molecule has 0 unspecified atom stereocenters. The highest BCUT2D eigenvalue weighted by atomic mass is 19.1. The van der Waals surface area contributed by atoms with Crippen LogP contribution in [0.2, 0.25) is 0 Å². The number of hydrogen-bond donors (Lipinski definition) is 0. The minimum atomic E-state index is -0.354. The first-order valence-corrected chi connectivity index (χ1v) is 11.2. The standard InChI is InChI=1S/C23H24FN7O3/c24-17-2-4-18(5-3-17)30-15-14-29(23(30)33)16-22(32)28-12-8-19(9-13-28)34-21-7-6-20(26-27-21)31-11-1-10-25-31/h1-7,10-11,19H,8-9,12-16H2. The van der Waals surface area contributed by atoms with Crippen molar-refractivity contribution in [3.8, 4) is 11.7 Å². The normalized spacial score (nSPS) is 16.9. The summed E-state index contributed by atoms with van der Waals surface area (Å²) in [5, 5.41) is 12.4. The van der Waals surface area contributed by atoms with Gasteiger partial charge in [-0.2, -0.15) is 5.10 Å². The fourth-order valence-electron chi connectivity index (χ4n) is 4.15. The lowest BCUT2D eigenvalue weighted by atomic mass is 10.1. The van der Waals surface area contributed by atoms with Crippen molar-refractivity contribution in [2.75, 3.05) is 37.6 Å². The zero-order valence-corrected chi connectivity index (χ0v) is 18.5. The van der Waals surface area contributed by atoms with E-state index in [-0.39, 0.29) is 30.4 Å². The Morgan fingerprint density at radius 2 is 1.82 bits per heavy atom. The monoisotopic (exact) mass is 465 g/mol. The minimum absolute atomic E-state index is 0.0302. The molecule has 3 amide bonds. The Bertz CT molecular complexity index is 1130. The van der Waals surface area contributed by atoms with Gasteiger partial charge in [-0.25, -0.2) is 13.9 Å². The molecule has 0 spiro atoms. The number of likely N-dealkylation sites (tertiary alicyclic amines) is 1. The number of piperidine rings is 1. The molecular weight excluding hydrogens is 441 g/mol. The lowest BCUT2D eigenvalue weighted by Gasteiger charge is -2.32. The van der Waals surface area contributed by atoms with Crippen LogP contribution in [0.15, 0.2) is 54.9 Å². The third-order valence-corrected chi connectivity index (χ3v) is 6.01. The van der Waals surface area contributed by atoms with Gasteiger partial charge in [-0.05, 0) is 36.4 Å². The van der Waals surface area contributed by atoms with Crippen molar-refractivity contribution in [3.63, 3.8) is 0 Å². The summed E-state index contributed by atoms with van der Waals surface area (Å²) in [4.78, 5) is 30.4. The van der Waals surface area contributed by atoms with Crippen LogP contribution in [0.25, 0.3) is 5.82 Å². The molecule has 0 atom stereocenters. The number of nitrogens with zero attached hydrogens (tertiary/aromatic N) is 7. The van der Waals surface area contributed by atoms with E-state index in [1.165, 1.54) is 17.0 Å². The fourth-order valence-corrected chi connectivity index (χ4v) is 4.15. The predicted molar refractivity (Wildman–Crippen MR) is 120 cm³/mol. The highest BCUT2D eigenvalue weighted by Gasteiger charge is 2.33. The van der Waals surface area contributed by atoms with Crippen molar-refractivity contribution in [2.24, 2.45) is 0 Å². The van der Waals surface area contributed by atoms with Crippen molar-refractivity contribution < 1.29 is 18.7 Å². The van der Waals surface area contributed by atoms with E-state index in [4.69, 9.17) is 4.74 Å². The van der Waals surface area contributed by atoms with Crippen molar-refractivity contribution in [3.05, 3.63) is 60.7 Å². The molecule has 4 heterocycles. The molecule has 2 aliphatic rings. The fraction of sp³-hybridized carbons (Fsp3) is 0.348. The highest BCUT2D eigenvalue weighted by molar-refractivity contribution is 5.96. The van der Waals surface area contributed by atoms with Crippen LogP contribution in [0, 0.1) is 5.82 Å². The number of anilines is 1. The number of carbonyl (C=O) groups is 2. The molecule has 0 aliphatic carbocycles. The Hall–Kier alpha value is -4.02. The molecule has 2 fully saturated rings. The first-order chi connectivity index (χ1) is 16.6. The molecule has 1 aromatic carbocycles. The second-order valence-corrected chi connectivity index (χ2v) is 8.21. The molecule has 2 aliphatic heterocycles. The van der Waals surface area contributed by atoms with E-state index in [9.17, 15) is 14.0 Å². The lowest BCUT2D eigenvalue weighted by molar-refractivity contribution is -0.133. The van der Waals surface area contributed by atoms with Gasteiger partial charge >= 0.3 is 6.03 Å². The van der Waals surface area contributed by atoms with Crippen molar-refractivity contribution in [1.29, 1.82) is 0 Å². The molecule has 34 heavy (non-hydrogen) atoms. The van der Waals surface area contributed by atoms with Gasteiger partial charge in [0.25, 0.3) is 0 Å². The first-order valence-electron chi connectivity index (χ1n) is 11.2. The number of halogens is 1. The van der Waals surface area contributed by atoms with E-state index in [1.54, 1.807) is 51.1 Å². The van der Waals surface area contributed by atoms with Gasteiger partial charge < -0.3 is 14.5 Å². The van der Waals surface area contributed by atoms with Gasteiger partial charge in [0.15, 0.2) is 5.82 Å². The highest BCUT2D eigenvalue weighted by Crippen LogP contribution is 2.22. The average Bonchev–Trinajstić information content (AvgIpc) is 3.52. The maximum absolute atomic E-state index is 13.2. The van der Waals surface area contributed by atoms with Crippen LogP contribution >= 0.6 is 0 Å². The number of rotatable bonds is 6. The quantitative estimate of drug-likeness (QED) is 0.553. The Balaban J connectivity index is 1.09. The summed E-state index contributed by atoms with van der Waals surface area (Å²) in [7, 11) is 0. The van der Waals surface area contributed by atoms with Crippen LogP contribution in [0.1, 0.15) is 12.8 Å². The van der Waals surface area contributed by atoms with Gasteiger partial charge in [0.2, 0.25) is 11.8 Å². The van der Waals surface area contributed by atoms with Crippen molar-refractivity contribution in [2.45, 2.75) is 18.9 Å². The van der Waals surface area contributed by atoms with Crippen molar-refractivity contribution >= 4 is 17.6 Å². The van der Waals surface area contributed by atoms with Gasteiger partial charge in [0.1, 0.15) is 18.5 Å². The van der Waals surface area contributed by atoms with Gasteiger partial charge in [-0.1, -0.05) is 0 Å². The molecule has 5 rings (SSSR count). The molecule has 10 nitrogen and oxygen atoms in total. The van der Waals surface area contributed by atoms with E-state index in [2.05, 4.69) is 15.3 Å². The molecule has 3 aromatic rings. The van der Waals surface area contributed by atoms with Crippen LogP contribution in [-0.2, 0) is 4.79 Å². The van der Waals surface area contributed by atoms with Crippen LogP contribution < -0.4 is 9.64 Å². The minimum Gasteiger partial charge on any atom is -0.473 e. The molecule has 0 N–H and O–H groups in total. The Labute approximate surface area is 195 Å². The number of benzene rings is 1. The van der Waals surface area contributed by atoms with E-state index in [0.29, 0.717) is 56.4 Å². The average molecular weight is 465 g/mol. The number of amides is 3. The molecular formula is C23H24FN7O3. The SMILES string of the molecule is O=C(CN1CCN(c2ccc(F)cc2)C1=O)N1CCC(Oc2ccc(-n3cccn3)nn2)CC1. The van der Waals surface area contributed by atoms with Gasteiger partial charge in [0.05, 0.1) is 0 Å². The predicted octanol–water partition coefficient (Wildman–Crippen LogP) is 2.11. The van der Waals surface area contributed by atoms with Crippen LogP contribution in [0.5, 0.6) is 5.88 Å². The number of aromatic nitrogens is 4. The number of carbonyl (C=O) groups excluding carboxylic acids is 2. The molecule has 0 bridgehead atoms. The van der Waals surface area contributed by atoms with E-state index in [0.717, 1.165) is 0 Å². The molecule has 11 heteroatoms.